The zero-order chi connectivity index (χ0) is 16.3. The third-order valence-electron chi connectivity index (χ3n) is 4.05. The molecule has 0 atom stereocenters. The lowest BCUT2D eigenvalue weighted by atomic mass is 10.0. The van der Waals surface area contributed by atoms with Gasteiger partial charge in [-0.25, -0.2) is 0 Å². The van der Waals surface area contributed by atoms with Gasteiger partial charge >= 0.3 is 0 Å². The molecule has 0 bridgehead atoms. The van der Waals surface area contributed by atoms with Gasteiger partial charge in [0.1, 0.15) is 0 Å². The highest BCUT2D eigenvalue weighted by atomic mass is 32.2. The van der Waals surface area contributed by atoms with Gasteiger partial charge < -0.3 is 0 Å². The minimum Gasteiger partial charge on any atom is -0.282 e. The number of hydrogen-bond donors (Lipinski definition) is 1. The summed E-state index contributed by atoms with van der Waals surface area (Å²) in [5.74, 6) is 0. The quantitative estimate of drug-likeness (QED) is 0.326. The average Bonchev–Trinajstić information content (AvgIpc) is 2.48. The largest absolute Gasteiger partial charge is 0.294 e. The predicted molar refractivity (Wildman–Crippen MR) is 97.6 cm³/mol. The number of rotatable bonds is 12. The number of hydrogen-bond acceptors (Lipinski definition) is 2. The Kier molecular flexibility index (Phi) is 12.8. The van der Waals surface area contributed by atoms with Crippen LogP contribution in [0.15, 0.2) is 29.2 Å². The van der Waals surface area contributed by atoms with Crippen LogP contribution in [0, 0.1) is 0 Å². The summed E-state index contributed by atoms with van der Waals surface area (Å²) in [6.45, 7) is 2.24. The molecule has 0 aliphatic heterocycles. The molecule has 1 aromatic rings. The summed E-state index contributed by atoms with van der Waals surface area (Å²) >= 11 is 0. The zero-order valence-corrected chi connectivity index (χ0v) is 16.3. The standard InChI is InChI=1S/C18H30O3S.Al/c1-2-3-4-5-6-7-8-9-10-11-14-17-15-12-13-16-18(17)22(19,20)21;/h12-13,15-16H,2-11,14H2,1H3,(H,19,20,21);. The molecule has 0 aliphatic rings. The van der Waals surface area contributed by atoms with Crippen molar-refractivity contribution in [1.82, 2.24) is 0 Å². The lowest BCUT2D eigenvalue weighted by Crippen LogP contribution is -2.03. The highest BCUT2D eigenvalue weighted by molar-refractivity contribution is 7.85. The Bertz CT molecular complexity index is 515. The van der Waals surface area contributed by atoms with Crippen molar-refractivity contribution >= 4 is 27.5 Å². The summed E-state index contributed by atoms with van der Waals surface area (Å²) in [7, 11) is -4.10. The van der Waals surface area contributed by atoms with E-state index in [-0.39, 0.29) is 22.3 Å². The zero-order valence-electron chi connectivity index (χ0n) is 14.3. The Morgan fingerprint density at radius 1 is 0.826 bits per heavy atom. The van der Waals surface area contributed by atoms with Crippen LogP contribution in [0.4, 0.5) is 0 Å². The molecule has 5 heteroatoms. The van der Waals surface area contributed by atoms with Crippen LogP contribution in [0.3, 0.4) is 0 Å². The normalized spacial score (nSPS) is 11.2. The van der Waals surface area contributed by atoms with Gasteiger partial charge in [0.05, 0.1) is 4.90 Å². The molecule has 0 saturated heterocycles. The van der Waals surface area contributed by atoms with E-state index >= 15 is 0 Å². The first kappa shape index (κ1) is 22.7. The van der Waals surface area contributed by atoms with Crippen molar-refractivity contribution in [2.75, 3.05) is 0 Å². The van der Waals surface area contributed by atoms with Crippen LogP contribution in [0.2, 0.25) is 0 Å². The molecule has 1 rings (SSSR count). The second kappa shape index (κ2) is 13.0. The fraction of sp³-hybridized carbons (Fsp3) is 0.667. The molecule has 23 heavy (non-hydrogen) atoms. The van der Waals surface area contributed by atoms with Crippen LogP contribution in [0.25, 0.3) is 0 Å². The van der Waals surface area contributed by atoms with Crippen molar-refractivity contribution in [2.45, 2.75) is 82.4 Å². The Hall–Kier alpha value is -0.338. The Morgan fingerprint density at radius 3 is 1.83 bits per heavy atom. The number of aryl methyl sites for hydroxylation is 1. The first-order valence-corrected chi connectivity index (χ1v) is 10.0. The average molecular weight is 353 g/mol. The molecule has 129 valence electrons. The van der Waals surface area contributed by atoms with Gasteiger partial charge in [-0.15, -0.1) is 0 Å². The maximum absolute atomic E-state index is 11.3. The summed E-state index contributed by atoms with van der Waals surface area (Å²) in [5, 5.41) is 0. The summed E-state index contributed by atoms with van der Waals surface area (Å²) in [5.41, 5.74) is 0.726. The minimum atomic E-state index is -4.10. The van der Waals surface area contributed by atoms with Crippen LogP contribution in [-0.2, 0) is 16.5 Å². The third kappa shape index (κ3) is 10.2. The molecule has 0 saturated carbocycles. The van der Waals surface area contributed by atoms with E-state index in [1.54, 1.807) is 12.1 Å². The summed E-state index contributed by atoms with van der Waals surface area (Å²) in [4.78, 5) is 0.0610. The predicted octanol–water partition coefficient (Wildman–Crippen LogP) is 5.02. The SMILES string of the molecule is CCCCCCCCCCCCc1ccccc1S(=O)(=O)O.[Al]. The summed E-state index contributed by atoms with van der Waals surface area (Å²) < 4.78 is 31.8. The van der Waals surface area contributed by atoms with Crippen molar-refractivity contribution in [3.8, 4) is 0 Å². The van der Waals surface area contributed by atoms with Crippen molar-refractivity contribution < 1.29 is 13.0 Å². The molecule has 3 radical (unpaired) electrons. The monoisotopic (exact) mass is 353 g/mol. The third-order valence-corrected chi connectivity index (χ3v) is 5.00. The fourth-order valence-electron chi connectivity index (χ4n) is 2.76. The summed E-state index contributed by atoms with van der Waals surface area (Å²) in [6, 6.07) is 6.73. The Morgan fingerprint density at radius 2 is 1.30 bits per heavy atom. The van der Waals surface area contributed by atoms with E-state index in [4.69, 9.17) is 0 Å². The van der Waals surface area contributed by atoms with Gasteiger partial charge in [-0.2, -0.15) is 8.42 Å². The van der Waals surface area contributed by atoms with Gasteiger partial charge in [0, 0.05) is 17.4 Å². The van der Waals surface area contributed by atoms with Crippen molar-refractivity contribution in [3.05, 3.63) is 29.8 Å². The van der Waals surface area contributed by atoms with Crippen molar-refractivity contribution in [2.24, 2.45) is 0 Å². The second-order valence-electron chi connectivity index (χ2n) is 6.01. The van der Waals surface area contributed by atoms with Gasteiger partial charge in [0.15, 0.2) is 0 Å². The molecular formula is C18H30AlO3S. The van der Waals surface area contributed by atoms with Crippen LogP contribution in [-0.4, -0.2) is 30.3 Å². The van der Waals surface area contributed by atoms with E-state index < -0.39 is 10.1 Å². The minimum absolute atomic E-state index is 0. The first-order valence-electron chi connectivity index (χ1n) is 8.61. The summed E-state index contributed by atoms with van der Waals surface area (Å²) in [6.07, 6.45) is 13.3. The van der Waals surface area contributed by atoms with Crippen molar-refractivity contribution in [1.29, 1.82) is 0 Å². The molecule has 3 nitrogen and oxygen atoms in total. The van der Waals surface area contributed by atoms with E-state index in [0.29, 0.717) is 6.42 Å². The van der Waals surface area contributed by atoms with E-state index in [0.717, 1.165) is 18.4 Å². The van der Waals surface area contributed by atoms with Gasteiger partial charge in [0.2, 0.25) is 0 Å². The molecule has 1 N–H and O–H groups in total. The second-order valence-corrected chi connectivity index (χ2v) is 7.40. The molecule has 0 aliphatic carbocycles. The van der Waals surface area contributed by atoms with Crippen LogP contribution in [0.1, 0.15) is 76.7 Å². The van der Waals surface area contributed by atoms with Gasteiger partial charge in [0.25, 0.3) is 10.1 Å². The van der Waals surface area contributed by atoms with Crippen molar-refractivity contribution in [3.63, 3.8) is 0 Å². The highest BCUT2D eigenvalue weighted by Gasteiger charge is 2.13. The molecule has 0 aromatic heterocycles. The smallest absolute Gasteiger partial charge is 0.282 e. The first-order chi connectivity index (χ1) is 10.6. The van der Waals surface area contributed by atoms with Gasteiger partial charge in [-0.3, -0.25) is 4.55 Å². The van der Waals surface area contributed by atoms with E-state index in [1.807, 2.05) is 6.07 Å². The molecular weight excluding hydrogens is 323 g/mol. The van der Waals surface area contributed by atoms with E-state index in [1.165, 1.54) is 57.4 Å². The molecule has 0 heterocycles. The van der Waals surface area contributed by atoms with E-state index in [2.05, 4.69) is 6.92 Å². The molecule has 0 fully saturated rings. The lowest BCUT2D eigenvalue weighted by Gasteiger charge is -2.07. The van der Waals surface area contributed by atoms with Gasteiger partial charge in [-0.1, -0.05) is 82.9 Å². The van der Waals surface area contributed by atoms with Gasteiger partial charge in [-0.05, 0) is 24.5 Å². The van der Waals surface area contributed by atoms with Crippen LogP contribution in [0.5, 0.6) is 0 Å². The topological polar surface area (TPSA) is 54.4 Å². The van der Waals surface area contributed by atoms with Crippen LogP contribution < -0.4 is 0 Å². The lowest BCUT2D eigenvalue weighted by molar-refractivity contribution is 0.481. The maximum atomic E-state index is 11.3. The molecule has 0 spiro atoms. The molecule has 1 aromatic carbocycles. The Labute approximate surface area is 152 Å². The Balaban J connectivity index is 0.00000484. The van der Waals surface area contributed by atoms with Crippen LogP contribution >= 0.6 is 0 Å². The number of unbranched alkanes of at least 4 members (excludes halogenated alkanes) is 9. The van der Waals surface area contributed by atoms with E-state index in [9.17, 15) is 13.0 Å². The number of benzene rings is 1. The molecule has 0 amide bonds. The highest BCUT2D eigenvalue weighted by Crippen LogP contribution is 2.18. The molecule has 0 unspecified atom stereocenters. The fourth-order valence-corrected chi connectivity index (χ4v) is 3.52. The maximum Gasteiger partial charge on any atom is 0.294 e.